The zero-order valence-corrected chi connectivity index (χ0v) is 12.3. The van der Waals surface area contributed by atoms with Crippen LogP contribution in [0.5, 0.6) is 0 Å². The van der Waals surface area contributed by atoms with E-state index in [2.05, 4.69) is 26.2 Å². The fourth-order valence-electron chi connectivity index (χ4n) is 2.02. The van der Waals surface area contributed by atoms with Gasteiger partial charge in [-0.15, -0.1) is 0 Å². The summed E-state index contributed by atoms with van der Waals surface area (Å²) in [5.74, 6) is -0.132. The maximum Gasteiger partial charge on any atom is 0.267 e. The van der Waals surface area contributed by atoms with Crippen LogP contribution in [0.4, 0.5) is 0 Å². The Morgan fingerprint density at radius 3 is 2.95 bits per heavy atom. The van der Waals surface area contributed by atoms with Crippen LogP contribution in [0.15, 0.2) is 28.7 Å². The minimum atomic E-state index is -0.132. The Bertz CT molecular complexity index is 580. The molecule has 2 rings (SSSR count). The maximum absolute atomic E-state index is 12.1. The molecule has 1 aromatic carbocycles. The van der Waals surface area contributed by atoms with Gasteiger partial charge in [0.2, 0.25) is 0 Å². The molecular formula is C14H17BrN2O2. The molecular weight excluding hydrogens is 308 g/mol. The molecule has 0 aliphatic heterocycles. The summed E-state index contributed by atoms with van der Waals surface area (Å²) in [6, 6.07) is 7.67. The monoisotopic (exact) mass is 324 g/mol. The summed E-state index contributed by atoms with van der Waals surface area (Å²) in [6.07, 6.45) is 1.38. The second-order valence-corrected chi connectivity index (χ2v) is 5.42. The molecule has 1 aromatic heterocycles. The lowest BCUT2D eigenvalue weighted by Gasteiger charge is -2.14. The van der Waals surface area contributed by atoms with Gasteiger partial charge in [-0.3, -0.25) is 4.79 Å². The number of carbonyl (C=O) groups is 1. The Hall–Kier alpha value is -1.33. The van der Waals surface area contributed by atoms with Crippen molar-refractivity contribution in [1.29, 1.82) is 0 Å². The van der Waals surface area contributed by atoms with E-state index in [4.69, 9.17) is 5.11 Å². The Morgan fingerprint density at radius 2 is 2.26 bits per heavy atom. The van der Waals surface area contributed by atoms with Crippen LogP contribution in [-0.4, -0.2) is 28.6 Å². The Labute approximate surface area is 120 Å². The number of aliphatic hydroxyl groups is 1. The quantitative estimate of drug-likeness (QED) is 0.791. The number of carbonyl (C=O) groups excluding carboxylic acids is 1. The van der Waals surface area contributed by atoms with Crippen molar-refractivity contribution in [2.75, 3.05) is 6.61 Å². The predicted octanol–water partition coefficient (Wildman–Crippen LogP) is 2.82. The van der Waals surface area contributed by atoms with Crippen molar-refractivity contribution in [2.24, 2.45) is 0 Å². The fraction of sp³-hybridized carbons (Fsp3) is 0.357. The second-order valence-electron chi connectivity index (χ2n) is 4.51. The highest BCUT2D eigenvalue weighted by Crippen LogP contribution is 2.20. The largest absolute Gasteiger partial charge is 0.396 e. The number of nitrogens with one attached hydrogen (secondary N) is 2. The zero-order chi connectivity index (χ0) is 13.8. The molecule has 5 heteroatoms. The lowest BCUT2D eigenvalue weighted by atomic mass is 10.1. The topological polar surface area (TPSA) is 65.1 Å². The van der Waals surface area contributed by atoms with Crippen LogP contribution in [0.3, 0.4) is 0 Å². The maximum atomic E-state index is 12.1. The van der Waals surface area contributed by atoms with Gasteiger partial charge >= 0.3 is 0 Å². The molecule has 0 bridgehead atoms. The molecule has 102 valence electrons. The number of halogens is 1. The van der Waals surface area contributed by atoms with Crippen molar-refractivity contribution < 1.29 is 9.90 Å². The SMILES string of the molecule is CCC(CCO)NC(=O)c1cc2cc(Br)ccc2[nH]1. The number of aromatic amines is 1. The predicted molar refractivity (Wildman–Crippen MR) is 79.2 cm³/mol. The van der Waals surface area contributed by atoms with E-state index in [1.807, 2.05) is 31.2 Å². The van der Waals surface area contributed by atoms with Crippen molar-refractivity contribution >= 4 is 32.7 Å². The molecule has 3 N–H and O–H groups in total. The molecule has 0 radical (unpaired) electrons. The lowest BCUT2D eigenvalue weighted by molar-refractivity contribution is 0.0925. The van der Waals surface area contributed by atoms with Gasteiger partial charge in [0.25, 0.3) is 5.91 Å². The Morgan fingerprint density at radius 1 is 1.47 bits per heavy atom. The van der Waals surface area contributed by atoms with Gasteiger partial charge < -0.3 is 15.4 Å². The average Bonchev–Trinajstić information content (AvgIpc) is 2.81. The van der Waals surface area contributed by atoms with E-state index in [-0.39, 0.29) is 18.6 Å². The normalized spacial score (nSPS) is 12.6. The number of hydrogen-bond acceptors (Lipinski definition) is 2. The third-order valence-corrected chi connectivity index (χ3v) is 3.63. The molecule has 1 unspecified atom stereocenters. The van der Waals surface area contributed by atoms with Gasteiger partial charge in [-0.05, 0) is 37.1 Å². The molecule has 4 nitrogen and oxygen atoms in total. The van der Waals surface area contributed by atoms with Crippen LogP contribution in [0.1, 0.15) is 30.3 Å². The van der Waals surface area contributed by atoms with Gasteiger partial charge in [-0.25, -0.2) is 0 Å². The standard InChI is InChI=1S/C14H17BrN2O2/c1-2-11(5-6-18)16-14(19)13-8-9-7-10(15)3-4-12(9)17-13/h3-4,7-8,11,17-18H,2,5-6H2,1H3,(H,16,19). The van der Waals surface area contributed by atoms with Gasteiger partial charge in [0.15, 0.2) is 0 Å². The molecule has 0 fully saturated rings. The number of hydrogen-bond donors (Lipinski definition) is 3. The Kier molecular flexibility index (Phi) is 4.61. The molecule has 19 heavy (non-hydrogen) atoms. The third kappa shape index (κ3) is 3.36. The molecule has 0 saturated carbocycles. The van der Waals surface area contributed by atoms with Crippen molar-refractivity contribution in [2.45, 2.75) is 25.8 Å². The molecule has 0 saturated heterocycles. The second kappa shape index (κ2) is 6.21. The molecule has 0 aliphatic carbocycles. The van der Waals surface area contributed by atoms with E-state index >= 15 is 0 Å². The zero-order valence-electron chi connectivity index (χ0n) is 10.7. The van der Waals surface area contributed by atoms with E-state index in [1.54, 1.807) is 0 Å². The summed E-state index contributed by atoms with van der Waals surface area (Å²) in [6.45, 7) is 2.07. The number of fused-ring (bicyclic) bond motifs is 1. The van der Waals surface area contributed by atoms with Crippen LogP contribution in [-0.2, 0) is 0 Å². The van der Waals surface area contributed by atoms with Crippen LogP contribution < -0.4 is 5.32 Å². The highest BCUT2D eigenvalue weighted by molar-refractivity contribution is 9.10. The first-order valence-electron chi connectivity index (χ1n) is 6.34. The third-order valence-electron chi connectivity index (χ3n) is 3.13. The number of benzene rings is 1. The van der Waals surface area contributed by atoms with Crippen molar-refractivity contribution in [3.05, 3.63) is 34.4 Å². The summed E-state index contributed by atoms with van der Waals surface area (Å²) in [7, 11) is 0. The molecule has 1 atom stereocenters. The number of aromatic nitrogens is 1. The fourth-order valence-corrected chi connectivity index (χ4v) is 2.40. The van der Waals surface area contributed by atoms with E-state index < -0.39 is 0 Å². The van der Waals surface area contributed by atoms with E-state index in [0.717, 1.165) is 21.8 Å². The first kappa shape index (κ1) is 14.1. The molecule has 0 aliphatic rings. The summed E-state index contributed by atoms with van der Waals surface area (Å²) in [5.41, 5.74) is 1.48. The van der Waals surface area contributed by atoms with Crippen LogP contribution in [0.25, 0.3) is 10.9 Å². The molecule has 2 aromatic rings. The summed E-state index contributed by atoms with van der Waals surface area (Å²) < 4.78 is 0.984. The first-order valence-corrected chi connectivity index (χ1v) is 7.13. The van der Waals surface area contributed by atoms with Crippen LogP contribution in [0, 0.1) is 0 Å². The number of H-pyrrole nitrogens is 1. The van der Waals surface area contributed by atoms with Crippen molar-refractivity contribution in [1.82, 2.24) is 10.3 Å². The molecule has 1 heterocycles. The minimum Gasteiger partial charge on any atom is -0.396 e. The molecule has 1 amide bonds. The lowest BCUT2D eigenvalue weighted by Crippen LogP contribution is -2.35. The van der Waals surface area contributed by atoms with Crippen LogP contribution >= 0.6 is 15.9 Å². The number of rotatable bonds is 5. The van der Waals surface area contributed by atoms with Gasteiger partial charge in [-0.1, -0.05) is 22.9 Å². The van der Waals surface area contributed by atoms with E-state index in [0.29, 0.717) is 12.1 Å². The highest BCUT2D eigenvalue weighted by atomic mass is 79.9. The number of amides is 1. The highest BCUT2D eigenvalue weighted by Gasteiger charge is 2.13. The van der Waals surface area contributed by atoms with Gasteiger partial charge in [0.1, 0.15) is 5.69 Å². The minimum absolute atomic E-state index is 0.00986. The van der Waals surface area contributed by atoms with E-state index in [9.17, 15) is 4.79 Å². The van der Waals surface area contributed by atoms with Gasteiger partial charge in [-0.2, -0.15) is 0 Å². The number of aliphatic hydroxyl groups excluding tert-OH is 1. The first-order chi connectivity index (χ1) is 9.13. The van der Waals surface area contributed by atoms with Crippen molar-refractivity contribution in [3.8, 4) is 0 Å². The molecule has 0 spiro atoms. The van der Waals surface area contributed by atoms with Gasteiger partial charge in [0, 0.05) is 28.0 Å². The average molecular weight is 325 g/mol. The summed E-state index contributed by atoms with van der Waals surface area (Å²) in [4.78, 5) is 15.2. The summed E-state index contributed by atoms with van der Waals surface area (Å²) in [5, 5.41) is 12.8. The Balaban J connectivity index is 2.17. The summed E-state index contributed by atoms with van der Waals surface area (Å²) >= 11 is 3.41. The smallest absolute Gasteiger partial charge is 0.267 e. The van der Waals surface area contributed by atoms with Gasteiger partial charge in [0.05, 0.1) is 0 Å². The van der Waals surface area contributed by atoms with Crippen LogP contribution in [0.2, 0.25) is 0 Å². The van der Waals surface area contributed by atoms with E-state index in [1.165, 1.54) is 0 Å². The van der Waals surface area contributed by atoms with Crippen molar-refractivity contribution in [3.63, 3.8) is 0 Å².